The van der Waals surface area contributed by atoms with E-state index in [1.165, 1.54) is 20.2 Å². The molecule has 1 aromatic heterocycles. The van der Waals surface area contributed by atoms with Crippen molar-refractivity contribution in [3.63, 3.8) is 0 Å². The first-order chi connectivity index (χ1) is 15.8. The molecule has 162 valence electrons. The standard InChI is InChI=1S/C30H24O2S/c1-17(2)26(31)14-19-9-10-20-11-12-28-29(24(20)13-19)25-15-21(16-27(32)18(3)4)22-7-5-6-8-23(22)30(25)33-28/h5-13,15H,1,3,14,16H2,2,4H3. The summed E-state index contributed by atoms with van der Waals surface area (Å²) in [5.41, 5.74) is 3.16. The van der Waals surface area contributed by atoms with Gasteiger partial charge in [-0.2, -0.15) is 0 Å². The van der Waals surface area contributed by atoms with Crippen molar-refractivity contribution in [2.24, 2.45) is 0 Å². The topological polar surface area (TPSA) is 34.1 Å². The van der Waals surface area contributed by atoms with Gasteiger partial charge in [0.25, 0.3) is 0 Å². The molecule has 5 aromatic rings. The normalized spacial score (nSPS) is 11.5. The Kier molecular flexibility index (Phi) is 5.22. The lowest BCUT2D eigenvalue weighted by Gasteiger charge is -2.09. The fourth-order valence-corrected chi connectivity index (χ4v) is 5.69. The number of thiophene rings is 1. The Hall–Kier alpha value is -3.56. The molecule has 0 radical (unpaired) electrons. The number of Topliss-reactive ketones (excluding diaryl/α,β-unsaturated/α-hetero) is 2. The second-order valence-electron chi connectivity index (χ2n) is 8.81. The average molecular weight is 449 g/mol. The van der Waals surface area contributed by atoms with E-state index < -0.39 is 0 Å². The molecule has 0 aliphatic rings. The minimum Gasteiger partial charge on any atom is -0.294 e. The van der Waals surface area contributed by atoms with Gasteiger partial charge in [-0.25, -0.2) is 0 Å². The van der Waals surface area contributed by atoms with E-state index in [4.69, 9.17) is 0 Å². The van der Waals surface area contributed by atoms with E-state index in [0.717, 1.165) is 32.7 Å². The molecule has 0 saturated heterocycles. The van der Waals surface area contributed by atoms with Gasteiger partial charge < -0.3 is 0 Å². The van der Waals surface area contributed by atoms with Gasteiger partial charge in [0.05, 0.1) is 0 Å². The van der Waals surface area contributed by atoms with Crippen LogP contribution in [0.1, 0.15) is 25.0 Å². The van der Waals surface area contributed by atoms with Crippen LogP contribution in [0.25, 0.3) is 41.7 Å². The zero-order chi connectivity index (χ0) is 23.3. The van der Waals surface area contributed by atoms with E-state index in [9.17, 15) is 9.59 Å². The molecule has 0 fully saturated rings. The molecule has 3 heteroatoms. The third-order valence-corrected chi connectivity index (χ3v) is 7.48. The van der Waals surface area contributed by atoms with E-state index in [2.05, 4.69) is 61.7 Å². The lowest BCUT2D eigenvalue weighted by Crippen LogP contribution is -2.03. The van der Waals surface area contributed by atoms with E-state index in [1.54, 1.807) is 25.2 Å². The Morgan fingerprint density at radius 1 is 0.758 bits per heavy atom. The molecule has 0 aliphatic carbocycles. The highest BCUT2D eigenvalue weighted by Crippen LogP contribution is 2.43. The maximum absolute atomic E-state index is 12.6. The predicted molar refractivity (Wildman–Crippen MR) is 141 cm³/mol. The maximum Gasteiger partial charge on any atom is 0.162 e. The summed E-state index contributed by atoms with van der Waals surface area (Å²) < 4.78 is 2.43. The van der Waals surface area contributed by atoms with Crippen LogP contribution in [0.3, 0.4) is 0 Å². The second kappa shape index (κ2) is 8.09. The van der Waals surface area contributed by atoms with Crippen molar-refractivity contribution in [1.82, 2.24) is 0 Å². The Morgan fingerprint density at radius 2 is 1.42 bits per heavy atom. The molecule has 0 bridgehead atoms. The fourth-order valence-electron chi connectivity index (χ4n) is 4.46. The number of rotatable bonds is 6. The number of fused-ring (bicyclic) bond motifs is 7. The van der Waals surface area contributed by atoms with E-state index >= 15 is 0 Å². The Morgan fingerprint density at radius 3 is 2.15 bits per heavy atom. The molecule has 0 aliphatic heterocycles. The summed E-state index contributed by atoms with van der Waals surface area (Å²) in [6.07, 6.45) is 0.692. The number of ketones is 2. The molecule has 4 aromatic carbocycles. The summed E-state index contributed by atoms with van der Waals surface area (Å²) in [5, 5.41) is 6.91. The molecule has 2 nitrogen and oxygen atoms in total. The van der Waals surface area contributed by atoms with Crippen molar-refractivity contribution >= 4 is 64.6 Å². The van der Waals surface area contributed by atoms with Crippen LogP contribution in [0.4, 0.5) is 0 Å². The molecule has 33 heavy (non-hydrogen) atoms. The number of carbonyl (C=O) groups is 2. The quantitative estimate of drug-likeness (QED) is 0.249. The van der Waals surface area contributed by atoms with Crippen molar-refractivity contribution < 1.29 is 9.59 Å². The molecule has 0 N–H and O–H groups in total. The zero-order valence-electron chi connectivity index (χ0n) is 18.8. The number of allylic oxidation sites excluding steroid dienone is 2. The first kappa shape index (κ1) is 21.3. The Balaban J connectivity index is 1.82. The van der Waals surface area contributed by atoms with Gasteiger partial charge in [0.15, 0.2) is 11.6 Å². The predicted octanol–water partition coefficient (Wildman–Crippen LogP) is 7.74. The van der Waals surface area contributed by atoms with Gasteiger partial charge in [0, 0.05) is 33.0 Å². The summed E-state index contributed by atoms with van der Waals surface area (Å²) in [6, 6.07) is 21.1. The minimum absolute atomic E-state index is 0.0586. The SMILES string of the molecule is C=C(C)C(=O)Cc1ccc2ccc3sc4c5ccccc5c(CC(=O)C(=C)C)cc4c3c2c1. The van der Waals surface area contributed by atoms with Crippen LogP contribution in [0.5, 0.6) is 0 Å². The first-order valence-electron chi connectivity index (χ1n) is 11.0. The van der Waals surface area contributed by atoms with Gasteiger partial charge in [-0.15, -0.1) is 11.3 Å². The van der Waals surface area contributed by atoms with Crippen molar-refractivity contribution in [3.05, 3.63) is 96.1 Å². The number of hydrogen-bond donors (Lipinski definition) is 0. The monoisotopic (exact) mass is 448 g/mol. The van der Waals surface area contributed by atoms with Crippen LogP contribution < -0.4 is 0 Å². The van der Waals surface area contributed by atoms with Crippen molar-refractivity contribution in [2.45, 2.75) is 26.7 Å². The molecule has 0 amide bonds. The van der Waals surface area contributed by atoms with Gasteiger partial charge in [0.1, 0.15) is 0 Å². The van der Waals surface area contributed by atoms with Crippen molar-refractivity contribution in [2.75, 3.05) is 0 Å². The van der Waals surface area contributed by atoms with Crippen LogP contribution in [0.2, 0.25) is 0 Å². The van der Waals surface area contributed by atoms with Crippen LogP contribution in [0, 0.1) is 0 Å². The highest BCUT2D eigenvalue weighted by atomic mass is 32.1. The lowest BCUT2D eigenvalue weighted by atomic mass is 9.94. The lowest BCUT2D eigenvalue weighted by molar-refractivity contribution is -0.115. The number of hydrogen-bond acceptors (Lipinski definition) is 3. The molecule has 0 saturated carbocycles. The largest absolute Gasteiger partial charge is 0.294 e. The molecule has 0 spiro atoms. The average Bonchev–Trinajstić information content (AvgIpc) is 3.18. The number of carbonyl (C=O) groups excluding carboxylic acids is 2. The van der Waals surface area contributed by atoms with Gasteiger partial charge in [-0.3, -0.25) is 9.59 Å². The van der Waals surface area contributed by atoms with Crippen LogP contribution in [0.15, 0.2) is 85.0 Å². The summed E-state index contributed by atoms with van der Waals surface area (Å²) in [5.74, 6) is 0.118. The summed E-state index contributed by atoms with van der Waals surface area (Å²) >= 11 is 1.78. The number of benzene rings is 4. The summed E-state index contributed by atoms with van der Waals surface area (Å²) in [4.78, 5) is 24.9. The molecule has 5 rings (SSSR count). The Labute approximate surface area is 196 Å². The smallest absolute Gasteiger partial charge is 0.162 e. The summed E-state index contributed by atoms with van der Waals surface area (Å²) in [6.45, 7) is 11.2. The van der Waals surface area contributed by atoms with E-state index in [-0.39, 0.29) is 11.6 Å². The van der Waals surface area contributed by atoms with E-state index in [1.807, 2.05) is 12.1 Å². The third kappa shape index (κ3) is 3.69. The Bertz CT molecular complexity index is 1650. The van der Waals surface area contributed by atoms with Gasteiger partial charge in [-0.05, 0) is 69.8 Å². The summed E-state index contributed by atoms with van der Waals surface area (Å²) in [7, 11) is 0. The highest BCUT2D eigenvalue weighted by Gasteiger charge is 2.16. The fraction of sp³-hybridized carbons (Fsp3) is 0.133. The molecular weight excluding hydrogens is 424 g/mol. The van der Waals surface area contributed by atoms with Crippen molar-refractivity contribution in [3.8, 4) is 0 Å². The van der Waals surface area contributed by atoms with Crippen LogP contribution in [-0.4, -0.2) is 11.6 Å². The van der Waals surface area contributed by atoms with Gasteiger partial charge in [0.2, 0.25) is 0 Å². The molecule has 0 atom stereocenters. The molecule has 1 heterocycles. The zero-order valence-corrected chi connectivity index (χ0v) is 19.6. The maximum atomic E-state index is 12.6. The van der Waals surface area contributed by atoms with Gasteiger partial charge in [-0.1, -0.05) is 61.7 Å². The van der Waals surface area contributed by atoms with Crippen molar-refractivity contribution in [1.29, 1.82) is 0 Å². The second-order valence-corrected chi connectivity index (χ2v) is 9.87. The molecule has 0 unspecified atom stereocenters. The minimum atomic E-state index is 0.0586. The third-order valence-electron chi connectivity index (χ3n) is 6.28. The molecular formula is C30H24O2S. The van der Waals surface area contributed by atoms with Crippen LogP contribution >= 0.6 is 11.3 Å². The van der Waals surface area contributed by atoms with Crippen LogP contribution in [-0.2, 0) is 22.4 Å². The van der Waals surface area contributed by atoms with Gasteiger partial charge >= 0.3 is 0 Å². The van der Waals surface area contributed by atoms with E-state index in [0.29, 0.717) is 24.0 Å². The first-order valence-corrected chi connectivity index (χ1v) is 11.8. The highest BCUT2D eigenvalue weighted by molar-refractivity contribution is 7.26.